The quantitative estimate of drug-likeness (QED) is 0.847. The minimum Gasteiger partial charge on any atom is -0.494 e. The van der Waals surface area contributed by atoms with Crippen LogP contribution in [0.25, 0.3) is 0 Å². The Morgan fingerprint density at radius 2 is 2.10 bits per heavy atom. The SMILES string of the molecule is CCNC(c1cccc(OC)c1F)C1SCCSC1CC. The van der Waals surface area contributed by atoms with Gasteiger partial charge in [-0.2, -0.15) is 23.5 Å². The summed E-state index contributed by atoms with van der Waals surface area (Å²) in [7, 11) is 1.52. The third-order valence-electron chi connectivity index (χ3n) is 3.80. The third-order valence-corrected chi connectivity index (χ3v) is 7.15. The van der Waals surface area contributed by atoms with E-state index in [-0.39, 0.29) is 11.9 Å². The molecule has 1 fully saturated rings. The maximum atomic E-state index is 14.7. The van der Waals surface area contributed by atoms with E-state index in [4.69, 9.17) is 4.74 Å². The van der Waals surface area contributed by atoms with Crippen LogP contribution in [0.2, 0.25) is 0 Å². The average Bonchev–Trinajstić information content (AvgIpc) is 2.53. The molecule has 0 bridgehead atoms. The Morgan fingerprint density at radius 1 is 1.33 bits per heavy atom. The van der Waals surface area contributed by atoms with Gasteiger partial charge in [0.2, 0.25) is 0 Å². The van der Waals surface area contributed by atoms with E-state index < -0.39 is 0 Å². The fourth-order valence-electron chi connectivity index (χ4n) is 2.80. The summed E-state index contributed by atoms with van der Waals surface area (Å²) < 4.78 is 19.8. The number of ether oxygens (including phenoxy) is 1. The van der Waals surface area contributed by atoms with Crippen LogP contribution in [0.1, 0.15) is 31.9 Å². The van der Waals surface area contributed by atoms with Crippen LogP contribution >= 0.6 is 23.5 Å². The van der Waals surface area contributed by atoms with E-state index in [0.717, 1.165) is 24.3 Å². The molecule has 3 unspecified atom stereocenters. The van der Waals surface area contributed by atoms with Crippen molar-refractivity contribution in [3.63, 3.8) is 0 Å². The fourth-order valence-corrected chi connectivity index (χ4v) is 6.04. The molecule has 1 N–H and O–H groups in total. The van der Waals surface area contributed by atoms with E-state index in [0.29, 0.717) is 16.2 Å². The Hall–Kier alpha value is -0.390. The first-order valence-corrected chi connectivity index (χ1v) is 9.61. The number of benzene rings is 1. The summed E-state index contributed by atoms with van der Waals surface area (Å²) in [6.45, 7) is 5.13. The molecule has 21 heavy (non-hydrogen) atoms. The summed E-state index contributed by atoms with van der Waals surface area (Å²) in [4.78, 5) is 0. The molecule has 2 nitrogen and oxygen atoms in total. The lowest BCUT2D eigenvalue weighted by Gasteiger charge is -2.36. The highest BCUT2D eigenvalue weighted by atomic mass is 32.2. The monoisotopic (exact) mass is 329 g/mol. The zero-order valence-corrected chi connectivity index (χ0v) is 14.5. The predicted octanol–water partition coefficient (Wildman–Crippen LogP) is 4.11. The molecule has 1 aromatic rings. The zero-order chi connectivity index (χ0) is 15.2. The summed E-state index contributed by atoms with van der Waals surface area (Å²) in [5, 5.41) is 4.46. The lowest BCUT2D eigenvalue weighted by molar-refractivity contribution is 0.378. The van der Waals surface area contributed by atoms with Crippen molar-refractivity contribution in [1.82, 2.24) is 5.32 Å². The second-order valence-electron chi connectivity index (χ2n) is 5.05. The van der Waals surface area contributed by atoms with Crippen molar-refractivity contribution in [1.29, 1.82) is 0 Å². The first-order chi connectivity index (χ1) is 10.2. The number of nitrogens with one attached hydrogen (secondary N) is 1. The molecule has 1 aromatic carbocycles. The second kappa shape index (κ2) is 8.30. The molecule has 1 heterocycles. The van der Waals surface area contributed by atoms with Crippen LogP contribution in [0.4, 0.5) is 4.39 Å². The third kappa shape index (κ3) is 3.88. The first-order valence-electron chi connectivity index (χ1n) is 7.51. The molecule has 0 amide bonds. The van der Waals surface area contributed by atoms with Crippen LogP contribution in [0, 0.1) is 5.82 Å². The zero-order valence-electron chi connectivity index (χ0n) is 12.9. The highest BCUT2D eigenvalue weighted by Gasteiger charge is 2.34. The van der Waals surface area contributed by atoms with Crippen molar-refractivity contribution < 1.29 is 9.13 Å². The normalized spacial score (nSPS) is 23.8. The van der Waals surface area contributed by atoms with Crippen molar-refractivity contribution in [3.8, 4) is 5.75 Å². The molecular weight excluding hydrogens is 305 g/mol. The van der Waals surface area contributed by atoms with Crippen molar-refractivity contribution in [3.05, 3.63) is 29.6 Å². The molecule has 1 saturated heterocycles. The van der Waals surface area contributed by atoms with Crippen molar-refractivity contribution in [2.24, 2.45) is 0 Å². The van der Waals surface area contributed by atoms with Gasteiger partial charge in [0, 0.05) is 33.6 Å². The number of rotatable bonds is 6. The average molecular weight is 330 g/mol. The van der Waals surface area contributed by atoms with E-state index in [9.17, 15) is 4.39 Å². The van der Waals surface area contributed by atoms with Crippen molar-refractivity contribution >= 4 is 23.5 Å². The van der Waals surface area contributed by atoms with Gasteiger partial charge in [-0.1, -0.05) is 26.0 Å². The molecule has 0 spiro atoms. The molecule has 0 aliphatic carbocycles. The summed E-state index contributed by atoms with van der Waals surface area (Å²) in [6.07, 6.45) is 1.12. The molecule has 118 valence electrons. The van der Waals surface area contributed by atoms with Gasteiger partial charge in [-0.05, 0) is 19.0 Å². The molecule has 0 aromatic heterocycles. The van der Waals surface area contributed by atoms with Gasteiger partial charge in [-0.3, -0.25) is 0 Å². The van der Waals surface area contributed by atoms with Gasteiger partial charge in [0.25, 0.3) is 0 Å². The lowest BCUT2D eigenvalue weighted by atomic mass is 9.99. The Morgan fingerprint density at radius 3 is 2.76 bits per heavy atom. The molecule has 2 rings (SSSR count). The van der Waals surface area contributed by atoms with Gasteiger partial charge in [0.05, 0.1) is 7.11 Å². The molecule has 1 aliphatic heterocycles. The highest BCUT2D eigenvalue weighted by Crippen LogP contribution is 2.41. The summed E-state index contributed by atoms with van der Waals surface area (Å²) >= 11 is 3.99. The maximum absolute atomic E-state index is 14.7. The smallest absolute Gasteiger partial charge is 0.169 e. The van der Waals surface area contributed by atoms with Gasteiger partial charge in [-0.15, -0.1) is 0 Å². The Labute approximate surface area is 135 Å². The number of methoxy groups -OCH3 is 1. The first kappa shape index (κ1) is 17.0. The number of hydrogen-bond acceptors (Lipinski definition) is 4. The van der Waals surface area contributed by atoms with E-state index in [1.54, 1.807) is 6.07 Å². The molecule has 1 aliphatic rings. The predicted molar refractivity (Wildman–Crippen MR) is 92.2 cm³/mol. The number of hydrogen-bond donors (Lipinski definition) is 1. The van der Waals surface area contributed by atoms with Crippen LogP contribution in [0.3, 0.4) is 0 Å². The van der Waals surface area contributed by atoms with E-state index in [2.05, 4.69) is 19.2 Å². The second-order valence-corrected chi connectivity index (χ2v) is 7.68. The molecule has 5 heteroatoms. The van der Waals surface area contributed by atoms with E-state index >= 15 is 0 Å². The summed E-state index contributed by atoms with van der Waals surface area (Å²) in [5.74, 6) is 2.44. The number of halogens is 1. The van der Waals surface area contributed by atoms with Crippen molar-refractivity contribution in [2.45, 2.75) is 36.8 Å². The van der Waals surface area contributed by atoms with Gasteiger partial charge < -0.3 is 10.1 Å². The highest BCUT2D eigenvalue weighted by molar-refractivity contribution is 8.07. The Balaban J connectivity index is 2.33. The number of thioether (sulfide) groups is 2. The van der Waals surface area contributed by atoms with Gasteiger partial charge in [0.15, 0.2) is 11.6 Å². The Kier molecular flexibility index (Phi) is 6.71. The Bertz CT molecular complexity index is 458. The molecule has 3 atom stereocenters. The van der Waals surface area contributed by atoms with Crippen LogP contribution in [0.5, 0.6) is 5.75 Å². The lowest BCUT2D eigenvalue weighted by Crippen LogP contribution is -2.39. The molecule has 0 saturated carbocycles. The van der Waals surface area contributed by atoms with Crippen LogP contribution < -0.4 is 10.1 Å². The van der Waals surface area contributed by atoms with E-state index in [1.807, 2.05) is 35.7 Å². The molecule has 0 radical (unpaired) electrons. The van der Waals surface area contributed by atoms with Gasteiger partial charge in [0.1, 0.15) is 0 Å². The summed E-state index contributed by atoms with van der Waals surface area (Å²) in [5.41, 5.74) is 0.731. The maximum Gasteiger partial charge on any atom is 0.169 e. The van der Waals surface area contributed by atoms with Crippen LogP contribution in [-0.2, 0) is 0 Å². The fraction of sp³-hybridized carbons (Fsp3) is 0.625. The van der Waals surface area contributed by atoms with Crippen LogP contribution in [-0.4, -0.2) is 35.7 Å². The van der Waals surface area contributed by atoms with Gasteiger partial charge >= 0.3 is 0 Å². The minimum atomic E-state index is -0.225. The largest absolute Gasteiger partial charge is 0.494 e. The van der Waals surface area contributed by atoms with E-state index in [1.165, 1.54) is 12.9 Å². The summed E-state index contributed by atoms with van der Waals surface area (Å²) in [6, 6.07) is 5.48. The topological polar surface area (TPSA) is 21.3 Å². The van der Waals surface area contributed by atoms with Gasteiger partial charge in [-0.25, -0.2) is 4.39 Å². The molecular formula is C16H24FNOS2. The minimum absolute atomic E-state index is 0.0350. The standard InChI is InChI=1S/C16H24FNOS2/c1-4-13-16(21-10-9-20-13)15(18-5-2)11-7-6-8-12(19-3)14(11)17/h6-8,13,15-16,18H,4-5,9-10H2,1-3H3. The van der Waals surface area contributed by atoms with Crippen molar-refractivity contribution in [2.75, 3.05) is 25.2 Å². The van der Waals surface area contributed by atoms with Crippen LogP contribution in [0.15, 0.2) is 18.2 Å².